The molecule has 1 saturated heterocycles. The Morgan fingerprint density at radius 2 is 2.00 bits per heavy atom. The zero-order chi connectivity index (χ0) is 13.5. The van der Waals surface area contributed by atoms with E-state index in [2.05, 4.69) is 0 Å². The van der Waals surface area contributed by atoms with Gasteiger partial charge in [-0.2, -0.15) is 0 Å². The number of esters is 1. The van der Waals surface area contributed by atoms with Crippen LogP contribution in [0.3, 0.4) is 0 Å². The van der Waals surface area contributed by atoms with Gasteiger partial charge in [0.2, 0.25) is 0 Å². The van der Waals surface area contributed by atoms with Crippen molar-refractivity contribution in [2.45, 2.75) is 63.9 Å². The van der Waals surface area contributed by atoms with Gasteiger partial charge in [0.15, 0.2) is 0 Å². The molecule has 1 fully saturated rings. The van der Waals surface area contributed by atoms with Gasteiger partial charge >= 0.3 is 5.97 Å². The minimum absolute atomic E-state index is 0.0651. The molecule has 0 spiro atoms. The molecule has 0 aromatic heterocycles. The number of carbonyl (C=O) groups is 1. The molecule has 1 rings (SSSR count). The molecule has 18 heavy (non-hydrogen) atoms. The molecule has 1 heterocycles. The van der Waals surface area contributed by atoms with Gasteiger partial charge in [-0.05, 0) is 26.7 Å². The standard InChI is InChI=1S/C13H25NO4/c1-9-7-11(8-10(2)17-9)18-13(15)12(14)5-4-6-16-3/h9-12H,4-8,14H2,1-3H3. The molecule has 106 valence electrons. The second-order valence-corrected chi connectivity index (χ2v) is 5.03. The fourth-order valence-electron chi connectivity index (χ4n) is 2.26. The lowest BCUT2D eigenvalue weighted by atomic mass is 10.0. The third-order valence-corrected chi connectivity index (χ3v) is 3.10. The molecule has 0 aliphatic carbocycles. The van der Waals surface area contributed by atoms with E-state index in [-0.39, 0.29) is 24.3 Å². The molecule has 1 aliphatic heterocycles. The monoisotopic (exact) mass is 259 g/mol. The van der Waals surface area contributed by atoms with E-state index >= 15 is 0 Å². The molecule has 0 aromatic carbocycles. The maximum Gasteiger partial charge on any atom is 0.323 e. The van der Waals surface area contributed by atoms with Crippen LogP contribution in [0.2, 0.25) is 0 Å². The first-order chi connectivity index (χ1) is 8.52. The summed E-state index contributed by atoms with van der Waals surface area (Å²) in [7, 11) is 1.63. The van der Waals surface area contributed by atoms with E-state index in [0.29, 0.717) is 13.0 Å². The Kier molecular flexibility index (Phi) is 6.60. The van der Waals surface area contributed by atoms with Crippen LogP contribution in [0.1, 0.15) is 39.5 Å². The van der Waals surface area contributed by atoms with Gasteiger partial charge < -0.3 is 19.9 Å². The lowest BCUT2D eigenvalue weighted by molar-refractivity contribution is -0.161. The highest BCUT2D eigenvalue weighted by molar-refractivity contribution is 5.75. The van der Waals surface area contributed by atoms with Crippen LogP contribution in [0, 0.1) is 0 Å². The van der Waals surface area contributed by atoms with Crippen molar-refractivity contribution in [3.8, 4) is 0 Å². The van der Waals surface area contributed by atoms with Gasteiger partial charge in [-0.3, -0.25) is 4.79 Å². The highest BCUT2D eigenvalue weighted by Gasteiger charge is 2.28. The second-order valence-electron chi connectivity index (χ2n) is 5.03. The second kappa shape index (κ2) is 7.71. The van der Waals surface area contributed by atoms with Crippen LogP contribution < -0.4 is 5.73 Å². The molecule has 0 radical (unpaired) electrons. The van der Waals surface area contributed by atoms with E-state index in [9.17, 15) is 4.79 Å². The van der Waals surface area contributed by atoms with Crippen LogP contribution in [0.15, 0.2) is 0 Å². The Morgan fingerprint density at radius 3 is 2.56 bits per heavy atom. The van der Waals surface area contributed by atoms with Gasteiger partial charge in [0, 0.05) is 26.6 Å². The normalized spacial score (nSPS) is 29.9. The first-order valence-corrected chi connectivity index (χ1v) is 6.63. The van der Waals surface area contributed by atoms with Crippen molar-refractivity contribution in [3.05, 3.63) is 0 Å². The van der Waals surface area contributed by atoms with Crippen molar-refractivity contribution in [1.29, 1.82) is 0 Å². The summed E-state index contributed by atoms with van der Waals surface area (Å²) in [6.07, 6.45) is 3.08. The SMILES string of the molecule is COCCCC(N)C(=O)OC1CC(C)OC(C)C1. The molecule has 3 atom stereocenters. The average molecular weight is 259 g/mol. The summed E-state index contributed by atoms with van der Waals surface area (Å²) < 4.78 is 16.0. The van der Waals surface area contributed by atoms with E-state index < -0.39 is 6.04 Å². The Labute approximate surface area is 109 Å². The minimum atomic E-state index is -0.548. The molecule has 0 bridgehead atoms. The van der Waals surface area contributed by atoms with Crippen molar-refractivity contribution >= 4 is 5.97 Å². The summed E-state index contributed by atoms with van der Waals surface area (Å²) in [6, 6.07) is -0.548. The molecular weight excluding hydrogens is 234 g/mol. The number of methoxy groups -OCH3 is 1. The Morgan fingerprint density at radius 1 is 1.39 bits per heavy atom. The van der Waals surface area contributed by atoms with Gasteiger partial charge in [-0.15, -0.1) is 0 Å². The van der Waals surface area contributed by atoms with E-state index in [4.69, 9.17) is 19.9 Å². The molecule has 0 saturated carbocycles. The third kappa shape index (κ3) is 5.33. The molecule has 1 aliphatic rings. The average Bonchev–Trinajstić information content (AvgIpc) is 2.27. The molecular formula is C13H25NO4. The largest absolute Gasteiger partial charge is 0.461 e. The zero-order valence-electron chi connectivity index (χ0n) is 11.6. The van der Waals surface area contributed by atoms with Crippen molar-refractivity contribution in [2.24, 2.45) is 5.73 Å². The van der Waals surface area contributed by atoms with Gasteiger partial charge in [0.1, 0.15) is 12.1 Å². The third-order valence-electron chi connectivity index (χ3n) is 3.10. The molecule has 0 amide bonds. The smallest absolute Gasteiger partial charge is 0.323 e. The summed E-state index contributed by atoms with van der Waals surface area (Å²) in [4.78, 5) is 11.8. The van der Waals surface area contributed by atoms with E-state index in [0.717, 1.165) is 19.3 Å². The van der Waals surface area contributed by atoms with Gasteiger partial charge in [-0.25, -0.2) is 0 Å². The van der Waals surface area contributed by atoms with E-state index in [1.165, 1.54) is 0 Å². The highest BCUT2D eigenvalue weighted by atomic mass is 16.6. The topological polar surface area (TPSA) is 70.8 Å². The molecule has 2 N–H and O–H groups in total. The van der Waals surface area contributed by atoms with E-state index in [1.54, 1.807) is 7.11 Å². The number of rotatable bonds is 6. The molecule has 5 heteroatoms. The molecule has 3 unspecified atom stereocenters. The predicted molar refractivity (Wildman–Crippen MR) is 68.2 cm³/mol. The summed E-state index contributed by atoms with van der Waals surface area (Å²) in [5, 5.41) is 0. The lowest BCUT2D eigenvalue weighted by Crippen LogP contribution is -2.40. The van der Waals surface area contributed by atoms with Crippen LogP contribution in [0.5, 0.6) is 0 Å². The number of ether oxygens (including phenoxy) is 3. The van der Waals surface area contributed by atoms with Crippen molar-refractivity contribution < 1.29 is 19.0 Å². The van der Waals surface area contributed by atoms with Crippen LogP contribution >= 0.6 is 0 Å². The van der Waals surface area contributed by atoms with Crippen LogP contribution in [0.25, 0.3) is 0 Å². The number of carbonyl (C=O) groups excluding carboxylic acids is 1. The predicted octanol–water partition coefficient (Wildman–Crippen LogP) is 1.24. The number of nitrogens with two attached hydrogens (primary N) is 1. The van der Waals surface area contributed by atoms with Gasteiger partial charge in [0.25, 0.3) is 0 Å². The summed E-state index contributed by atoms with van der Waals surface area (Å²) in [6.45, 7) is 4.61. The Hall–Kier alpha value is -0.650. The zero-order valence-corrected chi connectivity index (χ0v) is 11.6. The van der Waals surface area contributed by atoms with E-state index in [1.807, 2.05) is 13.8 Å². The summed E-state index contributed by atoms with van der Waals surface area (Å²) >= 11 is 0. The highest BCUT2D eigenvalue weighted by Crippen LogP contribution is 2.22. The molecule has 0 aromatic rings. The number of hydrogen-bond donors (Lipinski definition) is 1. The van der Waals surface area contributed by atoms with Crippen LogP contribution in [-0.2, 0) is 19.0 Å². The van der Waals surface area contributed by atoms with Crippen molar-refractivity contribution in [3.63, 3.8) is 0 Å². The fraction of sp³-hybridized carbons (Fsp3) is 0.923. The van der Waals surface area contributed by atoms with Gasteiger partial charge in [0.05, 0.1) is 12.2 Å². The Bertz CT molecular complexity index is 249. The maximum atomic E-state index is 11.8. The minimum Gasteiger partial charge on any atom is -0.461 e. The van der Waals surface area contributed by atoms with Gasteiger partial charge in [-0.1, -0.05) is 0 Å². The first kappa shape index (κ1) is 15.4. The van der Waals surface area contributed by atoms with Crippen LogP contribution in [0.4, 0.5) is 0 Å². The lowest BCUT2D eigenvalue weighted by Gasteiger charge is -2.32. The quantitative estimate of drug-likeness (QED) is 0.574. The summed E-state index contributed by atoms with van der Waals surface area (Å²) in [5.41, 5.74) is 5.78. The first-order valence-electron chi connectivity index (χ1n) is 6.63. The summed E-state index contributed by atoms with van der Waals surface area (Å²) in [5.74, 6) is -0.308. The maximum absolute atomic E-state index is 11.8. The Balaban J connectivity index is 2.29. The van der Waals surface area contributed by atoms with Crippen LogP contribution in [-0.4, -0.2) is 44.0 Å². The van der Waals surface area contributed by atoms with Crippen molar-refractivity contribution in [1.82, 2.24) is 0 Å². The molecule has 5 nitrogen and oxygen atoms in total. The fourth-order valence-corrected chi connectivity index (χ4v) is 2.26. The van der Waals surface area contributed by atoms with Crippen molar-refractivity contribution in [2.75, 3.05) is 13.7 Å². The number of hydrogen-bond acceptors (Lipinski definition) is 5.